The van der Waals surface area contributed by atoms with Gasteiger partial charge in [-0.05, 0) is 31.6 Å². The molecular formula is C10H20O3S. The van der Waals surface area contributed by atoms with E-state index < -0.39 is 9.84 Å². The Labute approximate surface area is 86.4 Å². The van der Waals surface area contributed by atoms with Crippen LogP contribution in [0.3, 0.4) is 0 Å². The molecule has 1 aliphatic carbocycles. The van der Waals surface area contributed by atoms with Crippen molar-refractivity contribution in [3.8, 4) is 0 Å². The number of aliphatic hydroxyl groups is 1. The second kappa shape index (κ2) is 5.12. The molecule has 2 unspecified atom stereocenters. The number of aliphatic hydroxyl groups excluding tert-OH is 1. The highest BCUT2D eigenvalue weighted by atomic mass is 32.2. The van der Waals surface area contributed by atoms with E-state index in [1.807, 2.05) is 0 Å². The van der Waals surface area contributed by atoms with Gasteiger partial charge in [-0.25, -0.2) is 8.42 Å². The predicted octanol–water partition coefficient (Wildman–Crippen LogP) is 1.36. The summed E-state index contributed by atoms with van der Waals surface area (Å²) >= 11 is 0. The fourth-order valence-electron chi connectivity index (χ4n) is 2.06. The first kappa shape index (κ1) is 12.0. The van der Waals surface area contributed by atoms with Crippen LogP contribution in [-0.4, -0.2) is 31.1 Å². The molecule has 0 aromatic carbocycles. The summed E-state index contributed by atoms with van der Waals surface area (Å²) in [5, 5.41) is 9.53. The van der Waals surface area contributed by atoms with Crippen LogP contribution < -0.4 is 0 Å². The maximum Gasteiger partial charge on any atom is 0.150 e. The fourth-order valence-corrected chi connectivity index (χ4v) is 2.96. The van der Waals surface area contributed by atoms with E-state index in [2.05, 4.69) is 0 Å². The second-order valence-electron chi connectivity index (χ2n) is 4.14. The zero-order chi connectivity index (χ0) is 10.6. The Kier molecular flexibility index (Phi) is 4.38. The van der Waals surface area contributed by atoms with E-state index in [1.54, 1.807) is 6.92 Å². The van der Waals surface area contributed by atoms with Crippen molar-refractivity contribution < 1.29 is 13.5 Å². The van der Waals surface area contributed by atoms with Crippen molar-refractivity contribution in [3.05, 3.63) is 0 Å². The third kappa shape index (κ3) is 3.58. The van der Waals surface area contributed by atoms with Gasteiger partial charge in [0.1, 0.15) is 9.84 Å². The molecule has 0 radical (unpaired) electrons. The number of rotatable bonds is 5. The van der Waals surface area contributed by atoms with Gasteiger partial charge in [0.2, 0.25) is 0 Å². The summed E-state index contributed by atoms with van der Waals surface area (Å²) in [6.07, 6.45) is 4.43. The first-order chi connectivity index (χ1) is 6.55. The molecule has 1 N–H and O–H groups in total. The van der Waals surface area contributed by atoms with Gasteiger partial charge in [-0.1, -0.05) is 13.3 Å². The van der Waals surface area contributed by atoms with Crippen molar-refractivity contribution in [2.45, 2.75) is 45.1 Å². The summed E-state index contributed by atoms with van der Waals surface area (Å²) in [4.78, 5) is 0. The first-order valence-corrected chi connectivity index (χ1v) is 7.26. The number of hydrogen-bond donors (Lipinski definition) is 1. The summed E-state index contributed by atoms with van der Waals surface area (Å²) < 4.78 is 22.4. The topological polar surface area (TPSA) is 54.4 Å². The van der Waals surface area contributed by atoms with E-state index >= 15 is 0 Å². The van der Waals surface area contributed by atoms with Gasteiger partial charge in [0.15, 0.2) is 0 Å². The lowest BCUT2D eigenvalue weighted by Gasteiger charge is -2.13. The zero-order valence-corrected chi connectivity index (χ0v) is 9.59. The van der Waals surface area contributed by atoms with E-state index in [-0.39, 0.29) is 17.6 Å². The summed E-state index contributed by atoms with van der Waals surface area (Å²) in [7, 11) is -2.81. The fraction of sp³-hybridized carbons (Fsp3) is 1.00. The number of hydrogen-bond acceptors (Lipinski definition) is 3. The van der Waals surface area contributed by atoms with E-state index in [1.165, 1.54) is 0 Å². The molecule has 0 heterocycles. The largest absolute Gasteiger partial charge is 0.393 e. The van der Waals surface area contributed by atoms with Crippen LogP contribution in [0.2, 0.25) is 0 Å². The van der Waals surface area contributed by atoms with Crippen LogP contribution in [0, 0.1) is 5.92 Å². The van der Waals surface area contributed by atoms with Crippen LogP contribution in [0.1, 0.15) is 39.0 Å². The molecule has 1 fully saturated rings. The minimum absolute atomic E-state index is 0.181. The molecule has 1 aliphatic rings. The lowest BCUT2D eigenvalue weighted by Crippen LogP contribution is -2.15. The lowest BCUT2D eigenvalue weighted by atomic mass is 10.0. The third-order valence-corrected chi connectivity index (χ3v) is 4.88. The third-order valence-electron chi connectivity index (χ3n) is 3.09. The number of sulfone groups is 1. The van der Waals surface area contributed by atoms with Crippen LogP contribution in [0.4, 0.5) is 0 Å². The Morgan fingerprint density at radius 1 is 1.36 bits per heavy atom. The second-order valence-corrected chi connectivity index (χ2v) is 6.61. The molecule has 0 saturated heterocycles. The van der Waals surface area contributed by atoms with Crippen molar-refractivity contribution in [3.63, 3.8) is 0 Å². The molecule has 2 atom stereocenters. The predicted molar refractivity (Wildman–Crippen MR) is 56.9 cm³/mol. The normalized spacial score (nSPS) is 28.1. The summed E-state index contributed by atoms with van der Waals surface area (Å²) in [6.45, 7) is 1.68. The monoisotopic (exact) mass is 220 g/mol. The van der Waals surface area contributed by atoms with Crippen LogP contribution in [0.25, 0.3) is 0 Å². The SMILES string of the molecule is CCS(=O)(=O)CCCC1CCCC1O. The Balaban J connectivity index is 2.21. The Hall–Kier alpha value is -0.0900. The van der Waals surface area contributed by atoms with Crippen molar-refractivity contribution in [2.75, 3.05) is 11.5 Å². The molecule has 0 spiro atoms. The van der Waals surface area contributed by atoms with Crippen molar-refractivity contribution in [1.29, 1.82) is 0 Å². The van der Waals surface area contributed by atoms with Crippen LogP contribution in [0.5, 0.6) is 0 Å². The van der Waals surface area contributed by atoms with Gasteiger partial charge in [0.05, 0.1) is 11.9 Å². The molecule has 0 amide bonds. The molecule has 1 saturated carbocycles. The average Bonchev–Trinajstić information content (AvgIpc) is 2.52. The molecule has 1 rings (SSSR count). The lowest BCUT2D eigenvalue weighted by molar-refractivity contribution is 0.127. The van der Waals surface area contributed by atoms with Crippen molar-refractivity contribution in [2.24, 2.45) is 5.92 Å². The molecule has 0 aromatic heterocycles. The van der Waals surface area contributed by atoms with E-state index in [9.17, 15) is 13.5 Å². The Bertz CT molecular complexity index is 259. The van der Waals surface area contributed by atoms with Crippen molar-refractivity contribution >= 4 is 9.84 Å². The van der Waals surface area contributed by atoms with Crippen LogP contribution >= 0.6 is 0 Å². The standard InChI is InChI=1S/C10H20O3S/c1-2-14(12,13)8-4-6-9-5-3-7-10(9)11/h9-11H,2-8H2,1H3. The van der Waals surface area contributed by atoms with Gasteiger partial charge in [-0.15, -0.1) is 0 Å². The molecule has 0 aromatic rings. The van der Waals surface area contributed by atoms with E-state index in [4.69, 9.17) is 0 Å². The molecule has 3 nitrogen and oxygen atoms in total. The van der Waals surface area contributed by atoms with E-state index in [0.29, 0.717) is 12.3 Å². The molecular weight excluding hydrogens is 200 g/mol. The molecule has 14 heavy (non-hydrogen) atoms. The van der Waals surface area contributed by atoms with Crippen LogP contribution in [-0.2, 0) is 9.84 Å². The molecule has 4 heteroatoms. The average molecular weight is 220 g/mol. The Morgan fingerprint density at radius 3 is 2.57 bits per heavy atom. The molecule has 84 valence electrons. The van der Waals surface area contributed by atoms with Gasteiger partial charge in [-0.2, -0.15) is 0 Å². The highest BCUT2D eigenvalue weighted by molar-refractivity contribution is 7.91. The van der Waals surface area contributed by atoms with Gasteiger partial charge in [0.25, 0.3) is 0 Å². The quantitative estimate of drug-likeness (QED) is 0.761. The maximum atomic E-state index is 11.2. The zero-order valence-electron chi connectivity index (χ0n) is 8.78. The highest BCUT2D eigenvalue weighted by Crippen LogP contribution is 2.29. The summed E-state index contributed by atoms with van der Waals surface area (Å²) in [5.74, 6) is 0.870. The van der Waals surface area contributed by atoms with Gasteiger partial charge in [0, 0.05) is 5.75 Å². The smallest absolute Gasteiger partial charge is 0.150 e. The van der Waals surface area contributed by atoms with Crippen LogP contribution in [0.15, 0.2) is 0 Å². The van der Waals surface area contributed by atoms with Gasteiger partial charge >= 0.3 is 0 Å². The summed E-state index contributed by atoms with van der Waals surface area (Å²) in [6, 6.07) is 0. The first-order valence-electron chi connectivity index (χ1n) is 5.43. The molecule has 0 aliphatic heterocycles. The Morgan fingerprint density at radius 2 is 2.07 bits per heavy atom. The van der Waals surface area contributed by atoms with E-state index in [0.717, 1.165) is 25.7 Å². The minimum Gasteiger partial charge on any atom is -0.393 e. The molecule has 0 bridgehead atoms. The minimum atomic E-state index is -2.81. The highest BCUT2D eigenvalue weighted by Gasteiger charge is 2.24. The summed E-state index contributed by atoms with van der Waals surface area (Å²) in [5.41, 5.74) is 0. The van der Waals surface area contributed by atoms with Gasteiger partial charge in [-0.3, -0.25) is 0 Å². The van der Waals surface area contributed by atoms with Gasteiger partial charge < -0.3 is 5.11 Å². The van der Waals surface area contributed by atoms with Crippen molar-refractivity contribution in [1.82, 2.24) is 0 Å². The maximum absolute atomic E-state index is 11.2.